The fourth-order valence-corrected chi connectivity index (χ4v) is 1.30. The Labute approximate surface area is 83.2 Å². The van der Waals surface area contributed by atoms with Crippen LogP contribution in [0, 0.1) is 0 Å². The molecule has 0 fully saturated rings. The lowest BCUT2D eigenvalue weighted by Crippen LogP contribution is -2.24. The molecular weight excluding hydrogens is 182 g/mol. The molecule has 4 heteroatoms. The third-order valence-corrected chi connectivity index (χ3v) is 2.30. The Balaban J connectivity index is 2.47. The maximum atomic E-state index is 10.5. The van der Waals surface area contributed by atoms with Crippen molar-refractivity contribution >= 4 is 11.7 Å². The summed E-state index contributed by atoms with van der Waals surface area (Å²) in [5.41, 5.74) is 1.36. The zero-order valence-electron chi connectivity index (χ0n) is 8.49. The zero-order valence-corrected chi connectivity index (χ0v) is 8.49. The predicted molar refractivity (Wildman–Crippen MR) is 53.2 cm³/mol. The highest BCUT2D eigenvalue weighted by Gasteiger charge is 2.21. The quantitative estimate of drug-likeness (QED) is 0.703. The number of rotatable bonds is 3. The Hall–Kier alpha value is -1.32. The van der Waals surface area contributed by atoms with E-state index in [9.17, 15) is 4.79 Å². The van der Waals surface area contributed by atoms with Gasteiger partial charge in [-0.25, -0.2) is 4.79 Å². The molecule has 0 radical (unpaired) electrons. The first-order chi connectivity index (χ1) is 6.63. The average Bonchev–Trinajstić information content (AvgIpc) is 2.18. The van der Waals surface area contributed by atoms with Crippen LogP contribution in [0.4, 0.5) is 0 Å². The van der Waals surface area contributed by atoms with Gasteiger partial charge < -0.3 is 9.94 Å². The van der Waals surface area contributed by atoms with Gasteiger partial charge in [0.1, 0.15) is 6.10 Å². The number of nitrogens with zero attached hydrogens (tertiary/aromatic N) is 1. The molecule has 0 saturated carbocycles. The summed E-state index contributed by atoms with van der Waals surface area (Å²) in [7, 11) is 0. The molecule has 0 aromatic rings. The maximum absolute atomic E-state index is 10.5. The SMILES string of the molecule is C/C=C(\C)CC1CCC(C(=O)O)=NO1. The number of carbonyl (C=O) groups is 1. The Kier molecular flexibility index (Phi) is 3.68. The Morgan fingerprint density at radius 1 is 1.79 bits per heavy atom. The normalized spacial score (nSPS) is 22.6. The number of allylic oxidation sites excluding steroid dienone is 1. The molecule has 0 saturated heterocycles. The van der Waals surface area contributed by atoms with Crippen LogP contribution in [-0.2, 0) is 9.63 Å². The summed E-state index contributed by atoms with van der Waals surface area (Å²) in [6.45, 7) is 4.00. The van der Waals surface area contributed by atoms with E-state index < -0.39 is 5.97 Å². The van der Waals surface area contributed by atoms with Gasteiger partial charge >= 0.3 is 5.97 Å². The van der Waals surface area contributed by atoms with E-state index in [-0.39, 0.29) is 11.8 Å². The second-order valence-electron chi connectivity index (χ2n) is 3.45. The molecule has 4 nitrogen and oxygen atoms in total. The largest absolute Gasteiger partial charge is 0.477 e. The van der Waals surface area contributed by atoms with E-state index in [0.29, 0.717) is 6.42 Å². The lowest BCUT2D eigenvalue weighted by molar-refractivity contribution is -0.130. The lowest BCUT2D eigenvalue weighted by Gasteiger charge is -2.19. The van der Waals surface area contributed by atoms with Gasteiger partial charge in [0, 0.05) is 12.8 Å². The van der Waals surface area contributed by atoms with Gasteiger partial charge in [-0.2, -0.15) is 0 Å². The van der Waals surface area contributed by atoms with Crippen molar-refractivity contribution in [2.75, 3.05) is 0 Å². The molecule has 1 N–H and O–H groups in total. The standard InChI is InChI=1S/C10H15NO3/c1-3-7(2)6-8-4-5-9(10(12)13)11-14-8/h3,8H,4-6H2,1-2H3,(H,12,13)/b7-3+. The molecule has 1 heterocycles. The number of hydrogen-bond acceptors (Lipinski definition) is 3. The van der Waals surface area contributed by atoms with Crippen molar-refractivity contribution in [1.29, 1.82) is 0 Å². The van der Waals surface area contributed by atoms with Crippen LogP contribution < -0.4 is 0 Å². The first kappa shape index (κ1) is 10.8. The first-order valence-electron chi connectivity index (χ1n) is 4.71. The molecule has 1 aliphatic heterocycles. The van der Waals surface area contributed by atoms with Crippen LogP contribution in [0.15, 0.2) is 16.8 Å². The molecule has 78 valence electrons. The smallest absolute Gasteiger partial charge is 0.353 e. The third kappa shape index (κ3) is 2.87. The number of oxime groups is 1. The fraction of sp³-hybridized carbons (Fsp3) is 0.600. The Morgan fingerprint density at radius 3 is 2.93 bits per heavy atom. The minimum atomic E-state index is -0.980. The van der Waals surface area contributed by atoms with Crippen molar-refractivity contribution in [2.45, 2.75) is 39.2 Å². The summed E-state index contributed by atoms with van der Waals surface area (Å²) in [6, 6.07) is 0. The van der Waals surface area contributed by atoms with E-state index in [0.717, 1.165) is 12.8 Å². The van der Waals surface area contributed by atoms with E-state index in [4.69, 9.17) is 9.94 Å². The number of aliphatic carboxylic acids is 1. The summed E-state index contributed by atoms with van der Waals surface area (Å²) in [4.78, 5) is 15.6. The highest BCUT2D eigenvalue weighted by atomic mass is 16.6. The number of carboxylic acid groups (broad SMARTS) is 1. The second kappa shape index (κ2) is 4.79. The zero-order chi connectivity index (χ0) is 10.6. The van der Waals surface area contributed by atoms with E-state index in [2.05, 4.69) is 5.16 Å². The van der Waals surface area contributed by atoms with Crippen molar-refractivity contribution in [3.05, 3.63) is 11.6 Å². The summed E-state index contributed by atoms with van der Waals surface area (Å²) < 4.78 is 0. The van der Waals surface area contributed by atoms with Crippen molar-refractivity contribution in [2.24, 2.45) is 5.16 Å². The highest BCUT2D eigenvalue weighted by molar-refractivity contribution is 6.35. The van der Waals surface area contributed by atoms with E-state index in [1.165, 1.54) is 5.57 Å². The van der Waals surface area contributed by atoms with Crippen LogP contribution in [-0.4, -0.2) is 22.9 Å². The van der Waals surface area contributed by atoms with Gasteiger partial charge in [-0.1, -0.05) is 16.8 Å². The first-order valence-corrected chi connectivity index (χ1v) is 4.71. The average molecular weight is 197 g/mol. The third-order valence-electron chi connectivity index (χ3n) is 2.30. The van der Waals surface area contributed by atoms with Crippen molar-refractivity contribution in [3.63, 3.8) is 0 Å². The van der Waals surface area contributed by atoms with E-state index >= 15 is 0 Å². The molecule has 0 amide bonds. The minimum Gasteiger partial charge on any atom is -0.477 e. The molecule has 0 spiro atoms. The van der Waals surface area contributed by atoms with Crippen LogP contribution in [0.25, 0.3) is 0 Å². The summed E-state index contributed by atoms with van der Waals surface area (Å²) in [6.07, 6.45) is 4.12. The summed E-state index contributed by atoms with van der Waals surface area (Å²) in [5.74, 6) is -0.980. The van der Waals surface area contributed by atoms with Gasteiger partial charge in [0.15, 0.2) is 5.71 Å². The van der Waals surface area contributed by atoms with Crippen LogP contribution >= 0.6 is 0 Å². The Morgan fingerprint density at radius 2 is 2.50 bits per heavy atom. The van der Waals surface area contributed by atoms with Crippen LogP contribution in [0.2, 0.25) is 0 Å². The molecule has 0 aromatic carbocycles. The minimum absolute atomic E-state index is 0.0364. The second-order valence-corrected chi connectivity index (χ2v) is 3.45. The Bertz CT molecular complexity index is 281. The fourth-order valence-electron chi connectivity index (χ4n) is 1.30. The highest BCUT2D eigenvalue weighted by Crippen LogP contribution is 2.18. The topological polar surface area (TPSA) is 58.9 Å². The lowest BCUT2D eigenvalue weighted by atomic mass is 10.0. The number of hydrogen-bond donors (Lipinski definition) is 1. The van der Waals surface area contributed by atoms with Gasteiger partial charge in [-0.15, -0.1) is 0 Å². The summed E-state index contributed by atoms with van der Waals surface area (Å²) in [5, 5.41) is 12.2. The van der Waals surface area contributed by atoms with Crippen LogP contribution in [0.1, 0.15) is 33.1 Å². The molecule has 1 rings (SSSR count). The maximum Gasteiger partial charge on any atom is 0.353 e. The van der Waals surface area contributed by atoms with Gasteiger partial charge in [0.25, 0.3) is 0 Å². The molecule has 0 aliphatic carbocycles. The molecule has 1 unspecified atom stereocenters. The van der Waals surface area contributed by atoms with Crippen molar-refractivity contribution in [1.82, 2.24) is 0 Å². The monoisotopic (exact) mass is 197 g/mol. The molecule has 0 bridgehead atoms. The van der Waals surface area contributed by atoms with Crippen molar-refractivity contribution in [3.8, 4) is 0 Å². The van der Waals surface area contributed by atoms with E-state index in [1.54, 1.807) is 0 Å². The van der Waals surface area contributed by atoms with E-state index in [1.807, 2.05) is 19.9 Å². The predicted octanol–water partition coefficient (Wildman–Crippen LogP) is 1.96. The molecule has 0 aromatic heterocycles. The molecular formula is C10H15NO3. The van der Waals surface area contributed by atoms with Crippen LogP contribution in [0.5, 0.6) is 0 Å². The summed E-state index contributed by atoms with van der Waals surface area (Å²) >= 11 is 0. The molecule has 1 atom stereocenters. The van der Waals surface area contributed by atoms with Gasteiger partial charge in [0.2, 0.25) is 0 Å². The molecule has 14 heavy (non-hydrogen) atoms. The molecule has 1 aliphatic rings. The van der Waals surface area contributed by atoms with Gasteiger partial charge in [0.05, 0.1) is 0 Å². The van der Waals surface area contributed by atoms with Gasteiger partial charge in [-0.3, -0.25) is 0 Å². The van der Waals surface area contributed by atoms with Gasteiger partial charge in [-0.05, 0) is 20.3 Å². The van der Waals surface area contributed by atoms with Crippen LogP contribution in [0.3, 0.4) is 0 Å². The number of carboxylic acids is 1. The van der Waals surface area contributed by atoms with Crippen molar-refractivity contribution < 1.29 is 14.7 Å².